The summed E-state index contributed by atoms with van der Waals surface area (Å²) in [6.45, 7) is 1.57. The lowest BCUT2D eigenvalue weighted by Gasteiger charge is -2.20. The van der Waals surface area contributed by atoms with E-state index in [4.69, 9.17) is 9.47 Å². The number of benzene rings is 2. The number of hydrogen-bond acceptors (Lipinski definition) is 4. The fourth-order valence-corrected chi connectivity index (χ4v) is 2.17. The number of nitrogens with one attached hydrogen (secondary N) is 2. The predicted molar refractivity (Wildman–Crippen MR) is 85.7 cm³/mol. The number of rotatable bonds is 4. The number of hydrogen-bond donors (Lipinski definition) is 2. The van der Waals surface area contributed by atoms with Crippen molar-refractivity contribution in [2.45, 2.75) is 13.0 Å². The molecule has 1 aliphatic rings. The van der Waals surface area contributed by atoms with Gasteiger partial charge in [0.1, 0.15) is 17.3 Å². The maximum atomic E-state index is 12.9. The topological polar surface area (TPSA) is 76.7 Å². The van der Waals surface area contributed by atoms with E-state index < -0.39 is 6.10 Å². The van der Waals surface area contributed by atoms with Crippen LogP contribution in [0.2, 0.25) is 0 Å². The summed E-state index contributed by atoms with van der Waals surface area (Å²) in [7, 11) is 0. The zero-order valence-electron chi connectivity index (χ0n) is 12.8. The van der Waals surface area contributed by atoms with Gasteiger partial charge in [0.2, 0.25) is 0 Å². The predicted octanol–water partition coefficient (Wildman–Crippen LogP) is 2.56. The van der Waals surface area contributed by atoms with Crippen LogP contribution < -0.4 is 20.1 Å². The first-order chi connectivity index (χ1) is 11.5. The molecule has 124 valence electrons. The highest BCUT2D eigenvalue weighted by atomic mass is 19.1. The first kappa shape index (κ1) is 15.8. The molecule has 0 radical (unpaired) electrons. The largest absolute Gasteiger partial charge is 0.482 e. The molecule has 1 aliphatic heterocycles. The number of anilines is 2. The molecule has 0 saturated heterocycles. The van der Waals surface area contributed by atoms with Crippen molar-refractivity contribution < 1.29 is 23.5 Å². The molecule has 24 heavy (non-hydrogen) atoms. The molecular weight excluding hydrogens is 315 g/mol. The summed E-state index contributed by atoms with van der Waals surface area (Å²) in [6.07, 6.45) is -0.784. The van der Waals surface area contributed by atoms with E-state index in [1.807, 2.05) is 0 Å². The second-order valence-corrected chi connectivity index (χ2v) is 5.25. The molecule has 2 amide bonds. The molecule has 0 aliphatic carbocycles. The lowest BCUT2D eigenvalue weighted by atomic mass is 10.2. The minimum absolute atomic E-state index is 0.0241. The van der Waals surface area contributed by atoms with Crippen LogP contribution in [0.4, 0.5) is 15.8 Å². The van der Waals surface area contributed by atoms with Crippen molar-refractivity contribution in [3.63, 3.8) is 0 Å². The van der Waals surface area contributed by atoms with Gasteiger partial charge >= 0.3 is 0 Å². The van der Waals surface area contributed by atoms with Gasteiger partial charge in [-0.1, -0.05) is 0 Å². The van der Waals surface area contributed by atoms with Crippen LogP contribution in [0.1, 0.15) is 6.92 Å². The highest BCUT2D eigenvalue weighted by Crippen LogP contribution is 2.31. The summed E-state index contributed by atoms with van der Waals surface area (Å²) in [6, 6.07) is 10.3. The van der Waals surface area contributed by atoms with Crippen molar-refractivity contribution in [1.82, 2.24) is 0 Å². The van der Waals surface area contributed by atoms with Crippen LogP contribution >= 0.6 is 0 Å². The second-order valence-electron chi connectivity index (χ2n) is 5.25. The van der Waals surface area contributed by atoms with Crippen molar-refractivity contribution in [2.24, 2.45) is 0 Å². The van der Waals surface area contributed by atoms with Crippen LogP contribution in [0.15, 0.2) is 42.5 Å². The number of halogens is 1. The minimum Gasteiger partial charge on any atom is -0.482 e. The van der Waals surface area contributed by atoms with E-state index in [-0.39, 0.29) is 24.2 Å². The van der Waals surface area contributed by atoms with Gasteiger partial charge in [-0.3, -0.25) is 9.59 Å². The third-order valence-corrected chi connectivity index (χ3v) is 3.38. The normalized spacial score (nSPS) is 14.0. The van der Waals surface area contributed by atoms with E-state index in [1.165, 1.54) is 24.3 Å². The maximum absolute atomic E-state index is 12.9. The van der Waals surface area contributed by atoms with Gasteiger partial charge in [-0.05, 0) is 43.3 Å². The SMILES string of the molecule is CC(Oc1ccc2c(c1)NC(=O)CO2)C(=O)Nc1ccc(F)cc1. The summed E-state index contributed by atoms with van der Waals surface area (Å²) in [5, 5.41) is 5.30. The summed E-state index contributed by atoms with van der Waals surface area (Å²) in [4.78, 5) is 23.4. The quantitative estimate of drug-likeness (QED) is 0.903. The van der Waals surface area contributed by atoms with E-state index >= 15 is 0 Å². The minimum atomic E-state index is -0.784. The molecule has 0 aromatic heterocycles. The number of fused-ring (bicyclic) bond motifs is 1. The first-order valence-electron chi connectivity index (χ1n) is 7.31. The molecule has 2 N–H and O–H groups in total. The molecule has 0 fully saturated rings. The van der Waals surface area contributed by atoms with Crippen LogP contribution in [0.25, 0.3) is 0 Å². The van der Waals surface area contributed by atoms with Crippen molar-refractivity contribution in [2.75, 3.05) is 17.2 Å². The standard InChI is InChI=1S/C17H15FN2O4/c1-10(17(22)19-12-4-2-11(18)3-5-12)24-13-6-7-15-14(8-13)20-16(21)9-23-15/h2-8,10H,9H2,1H3,(H,19,22)(H,20,21). The Bertz CT molecular complexity index is 777. The van der Waals surface area contributed by atoms with Gasteiger partial charge in [-0.15, -0.1) is 0 Å². The molecular formula is C17H15FN2O4. The first-order valence-corrected chi connectivity index (χ1v) is 7.31. The van der Waals surface area contributed by atoms with Crippen molar-refractivity contribution in [3.05, 3.63) is 48.3 Å². The number of carbonyl (C=O) groups is 2. The van der Waals surface area contributed by atoms with E-state index in [2.05, 4.69) is 10.6 Å². The van der Waals surface area contributed by atoms with Crippen molar-refractivity contribution in [1.29, 1.82) is 0 Å². The van der Waals surface area contributed by atoms with Gasteiger partial charge in [0, 0.05) is 11.8 Å². The van der Waals surface area contributed by atoms with Gasteiger partial charge < -0.3 is 20.1 Å². The van der Waals surface area contributed by atoms with E-state index in [0.29, 0.717) is 22.9 Å². The van der Waals surface area contributed by atoms with Gasteiger partial charge in [-0.25, -0.2) is 4.39 Å². The molecule has 0 spiro atoms. The smallest absolute Gasteiger partial charge is 0.265 e. The van der Waals surface area contributed by atoms with Crippen molar-refractivity contribution >= 4 is 23.2 Å². The fourth-order valence-electron chi connectivity index (χ4n) is 2.17. The van der Waals surface area contributed by atoms with Gasteiger partial charge in [0.15, 0.2) is 12.7 Å². The van der Waals surface area contributed by atoms with Gasteiger partial charge in [0.05, 0.1) is 5.69 Å². The van der Waals surface area contributed by atoms with Crippen LogP contribution in [0.3, 0.4) is 0 Å². The zero-order chi connectivity index (χ0) is 17.1. The second kappa shape index (κ2) is 6.57. The third-order valence-electron chi connectivity index (χ3n) is 3.38. The summed E-state index contributed by atoms with van der Waals surface area (Å²) < 4.78 is 23.7. The Morgan fingerprint density at radius 1 is 1.29 bits per heavy atom. The lowest BCUT2D eigenvalue weighted by molar-refractivity contribution is -0.122. The van der Waals surface area contributed by atoms with Crippen LogP contribution in [-0.4, -0.2) is 24.5 Å². The molecule has 0 saturated carbocycles. The Labute approximate surface area is 137 Å². The van der Waals surface area contributed by atoms with Crippen molar-refractivity contribution in [3.8, 4) is 11.5 Å². The Hall–Kier alpha value is -3.09. The Kier molecular flexibility index (Phi) is 4.33. The highest BCUT2D eigenvalue weighted by molar-refractivity contribution is 5.96. The maximum Gasteiger partial charge on any atom is 0.265 e. The number of ether oxygens (including phenoxy) is 2. The molecule has 2 aromatic rings. The summed E-state index contributed by atoms with van der Waals surface area (Å²) in [5.74, 6) is -0.0383. The summed E-state index contributed by atoms with van der Waals surface area (Å²) in [5.41, 5.74) is 0.970. The molecule has 3 rings (SSSR count). The number of carbonyl (C=O) groups excluding carboxylic acids is 2. The van der Waals surface area contributed by atoms with E-state index in [1.54, 1.807) is 25.1 Å². The third kappa shape index (κ3) is 3.62. The average Bonchev–Trinajstić information content (AvgIpc) is 2.56. The van der Waals surface area contributed by atoms with Gasteiger partial charge in [-0.2, -0.15) is 0 Å². The molecule has 2 aromatic carbocycles. The average molecular weight is 330 g/mol. The fraction of sp³-hybridized carbons (Fsp3) is 0.176. The zero-order valence-corrected chi connectivity index (χ0v) is 12.8. The summed E-state index contributed by atoms with van der Waals surface area (Å²) >= 11 is 0. The molecule has 7 heteroatoms. The molecule has 1 atom stereocenters. The Balaban J connectivity index is 1.64. The lowest BCUT2D eigenvalue weighted by Crippen LogP contribution is -2.30. The van der Waals surface area contributed by atoms with Crippen LogP contribution in [-0.2, 0) is 9.59 Å². The van der Waals surface area contributed by atoms with E-state index in [0.717, 1.165) is 0 Å². The Morgan fingerprint density at radius 3 is 2.79 bits per heavy atom. The number of amides is 2. The molecule has 6 nitrogen and oxygen atoms in total. The Morgan fingerprint density at radius 2 is 2.04 bits per heavy atom. The molecule has 0 bridgehead atoms. The van der Waals surface area contributed by atoms with E-state index in [9.17, 15) is 14.0 Å². The van der Waals surface area contributed by atoms with Crippen LogP contribution in [0, 0.1) is 5.82 Å². The molecule has 1 unspecified atom stereocenters. The monoisotopic (exact) mass is 330 g/mol. The highest BCUT2D eigenvalue weighted by Gasteiger charge is 2.19. The van der Waals surface area contributed by atoms with Gasteiger partial charge in [0.25, 0.3) is 11.8 Å². The van der Waals surface area contributed by atoms with Crippen LogP contribution in [0.5, 0.6) is 11.5 Å². The molecule has 1 heterocycles.